The van der Waals surface area contributed by atoms with Crippen molar-refractivity contribution in [3.8, 4) is 0 Å². The number of hydrogen-bond donors (Lipinski definition) is 3. The number of ether oxygens (including phenoxy) is 4. The zero-order valence-electron chi connectivity index (χ0n) is 21.5. The molecule has 1 aliphatic carbocycles. The van der Waals surface area contributed by atoms with Crippen molar-refractivity contribution >= 4 is 12.0 Å². The Morgan fingerprint density at radius 1 is 1.14 bits per heavy atom. The first-order valence-corrected chi connectivity index (χ1v) is 12.8. The van der Waals surface area contributed by atoms with E-state index in [2.05, 4.69) is 37.5 Å². The average molecular weight is 500 g/mol. The monoisotopic (exact) mass is 499 g/mol. The maximum atomic E-state index is 12.5. The fourth-order valence-electron chi connectivity index (χ4n) is 5.39. The summed E-state index contributed by atoms with van der Waals surface area (Å²) in [6.45, 7) is 7.70. The molecule has 1 spiro atoms. The molecule has 0 radical (unpaired) electrons. The lowest BCUT2D eigenvalue weighted by atomic mass is 9.68. The van der Waals surface area contributed by atoms with Gasteiger partial charge in [-0.15, -0.1) is 10.0 Å². The van der Waals surface area contributed by atoms with Gasteiger partial charge >= 0.3 is 6.09 Å². The number of unbranched alkanes of at least 4 members (excludes halogenated alkanes) is 3. The van der Waals surface area contributed by atoms with Gasteiger partial charge in [-0.05, 0) is 52.9 Å². The van der Waals surface area contributed by atoms with E-state index in [-0.39, 0.29) is 47.9 Å². The van der Waals surface area contributed by atoms with Crippen molar-refractivity contribution in [1.29, 1.82) is 0 Å². The van der Waals surface area contributed by atoms with Gasteiger partial charge in [-0.2, -0.15) is 0 Å². The number of hydrogen-bond acceptors (Lipinski definition) is 7. The SMILES string of the molecule is COC1C(OC(=O)NCCCCCCNC(=O)CNF)CCC2(CO2)C1[C@]1(C)OC1CC=C(C)C. The third kappa shape index (κ3) is 7.38. The smallest absolute Gasteiger partial charge is 0.407 e. The highest BCUT2D eigenvalue weighted by Crippen LogP contribution is 2.59. The molecule has 10 heteroatoms. The maximum Gasteiger partial charge on any atom is 0.407 e. The second kappa shape index (κ2) is 12.5. The lowest BCUT2D eigenvalue weighted by molar-refractivity contribution is -0.120. The van der Waals surface area contributed by atoms with Gasteiger partial charge in [-0.3, -0.25) is 4.79 Å². The molecule has 3 aliphatic rings. The van der Waals surface area contributed by atoms with Gasteiger partial charge in [0.05, 0.1) is 18.6 Å². The van der Waals surface area contributed by atoms with Gasteiger partial charge < -0.3 is 29.6 Å². The minimum absolute atomic E-state index is 0.00305. The van der Waals surface area contributed by atoms with Crippen LogP contribution in [0.2, 0.25) is 0 Å². The first kappa shape index (κ1) is 27.8. The third-order valence-electron chi connectivity index (χ3n) is 7.42. The van der Waals surface area contributed by atoms with E-state index in [0.717, 1.165) is 38.5 Å². The van der Waals surface area contributed by atoms with E-state index < -0.39 is 6.09 Å². The number of allylic oxidation sites excluding steroid dienone is 1. The van der Waals surface area contributed by atoms with Crippen molar-refractivity contribution < 1.29 is 33.0 Å². The van der Waals surface area contributed by atoms with Crippen LogP contribution in [0, 0.1) is 5.92 Å². The number of carbonyl (C=O) groups excluding carboxylic acids is 2. The summed E-state index contributed by atoms with van der Waals surface area (Å²) in [5.41, 5.74) is 1.99. The third-order valence-corrected chi connectivity index (χ3v) is 7.42. The second-order valence-corrected chi connectivity index (χ2v) is 10.3. The molecule has 1 saturated carbocycles. The Hall–Kier alpha value is -1.75. The molecule has 6 atom stereocenters. The summed E-state index contributed by atoms with van der Waals surface area (Å²) in [7, 11) is 1.67. The fourth-order valence-corrected chi connectivity index (χ4v) is 5.39. The lowest BCUT2D eigenvalue weighted by Gasteiger charge is -2.42. The Morgan fingerprint density at radius 3 is 2.43 bits per heavy atom. The molecule has 3 N–H and O–H groups in total. The number of nitrogens with one attached hydrogen (secondary N) is 3. The number of carbonyl (C=O) groups is 2. The van der Waals surface area contributed by atoms with Gasteiger partial charge in [-0.1, -0.05) is 24.5 Å². The number of alkyl carbamates (subject to hydrolysis) is 1. The summed E-state index contributed by atoms with van der Waals surface area (Å²) in [5.74, 6) is -0.357. The zero-order valence-corrected chi connectivity index (χ0v) is 21.5. The van der Waals surface area contributed by atoms with Gasteiger partial charge in [-0.25, -0.2) is 4.79 Å². The van der Waals surface area contributed by atoms with Crippen LogP contribution in [0.25, 0.3) is 0 Å². The molecule has 3 rings (SSSR count). The van der Waals surface area contributed by atoms with Crippen LogP contribution in [-0.2, 0) is 23.7 Å². The van der Waals surface area contributed by atoms with Crippen LogP contribution in [0.3, 0.4) is 0 Å². The number of epoxide rings is 2. The van der Waals surface area contributed by atoms with Crippen LogP contribution in [-0.4, -0.2) is 74.9 Å². The van der Waals surface area contributed by atoms with Crippen molar-refractivity contribution in [3.05, 3.63) is 11.6 Å². The minimum Gasteiger partial charge on any atom is -0.443 e. The fraction of sp³-hybridized carbons (Fsp3) is 0.840. The van der Waals surface area contributed by atoms with Crippen molar-refractivity contribution in [2.75, 3.05) is 33.4 Å². The van der Waals surface area contributed by atoms with Gasteiger partial charge in [0.1, 0.15) is 30.0 Å². The summed E-state index contributed by atoms with van der Waals surface area (Å²) in [6.07, 6.45) is 7.04. The van der Waals surface area contributed by atoms with E-state index in [1.54, 1.807) is 7.11 Å². The number of methoxy groups -OCH3 is 1. The van der Waals surface area contributed by atoms with Crippen molar-refractivity contribution in [2.24, 2.45) is 5.92 Å². The number of amides is 2. The normalized spacial score (nSPS) is 33.2. The summed E-state index contributed by atoms with van der Waals surface area (Å²) < 4.78 is 35.7. The quantitative estimate of drug-likeness (QED) is 0.146. The molecule has 2 amide bonds. The molecule has 2 saturated heterocycles. The van der Waals surface area contributed by atoms with Crippen LogP contribution in [0.5, 0.6) is 0 Å². The molecule has 2 heterocycles. The van der Waals surface area contributed by atoms with Gasteiger partial charge in [0, 0.05) is 20.2 Å². The number of rotatable bonds is 14. The number of halogens is 1. The standard InChI is InChI=1S/C25H42FN3O6/c1-17(2)9-10-19-24(3,35-19)22-21(32-4)18(11-12-25(22)16-33-25)34-23(31)28-14-8-6-5-7-13-27-20(30)15-29-26/h9,18-19,21-22,29H,5-8,10-16H2,1-4H3,(H,27,30)(H,28,31)/t18?,19?,21?,22?,24-,25?/m1/s1. The Kier molecular flexibility index (Phi) is 9.92. The molecule has 9 nitrogen and oxygen atoms in total. The minimum atomic E-state index is -0.433. The summed E-state index contributed by atoms with van der Waals surface area (Å²) in [5, 5.41) is 5.47. The van der Waals surface area contributed by atoms with E-state index >= 15 is 0 Å². The molecule has 5 unspecified atom stereocenters. The van der Waals surface area contributed by atoms with Crippen molar-refractivity contribution in [2.45, 2.75) is 95.2 Å². The predicted molar refractivity (Wildman–Crippen MR) is 128 cm³/mol. The molecule has 0 aromatic rings. The van der Waals surface area contributed by atoms with Gasteiger partial charge in [0.15, 0.2) is 0 Å². The van der Waals surface area contributed by atoms with Crippen LogP contribution in [0.15, 0.2) is 11.6 Å². The van der Waals surface area contributed by atoms with Crippen LogP contribution >= 0.6 is 0 Å². The van der Waals surface area contributed by atoms with E-state index in [4.69, 9.17) is 18.9 Å². The maximum absolute atomic E-state index is 12.5. The van der Waals surface area contributed by atoms with Crippen LogP contribution in [0.4, 0.5) is 9.28 Å². The highest BCUT2D eigenvalue weighted by molar-refractivity contribution is 5.77. The highest BCUT2D eigenvalue weighted by atomic mass is 19.2. The molecule has 2 aliphatic heterocycles. The Morgan fingerprint density at radius 2 is 1.83 bits per heavy atom. The zero-order chi connectivity index (χ0) is 25.5. The van der Waals surface area contributed by atoms with E-state index in [9.17, 15) is 14.1 Å². The Balaban J connectivity index is 1.40. The second-order valence-electron chi connectivity index (χ2n) is 10.3. The molecular formula is C25H42FN3O6. The van der Waals surface area contributed by atoms with Gasteiger partial charge in [0.2, 0.25) is 5.91 Å². The molecular weight excluding hydrogens is 457 g/mol. The molecule has 0 aromatic carbocycles. The van der Waals surface area contributed by atoms with Crippen molar-refractivity contribution in [3.63, 3.8) is 0 Å². The summed E-state index contributed by atoms with van der Waals surface area (Å²) in [6, 6.07) is 0. The van der Waals surface area contributed by atoms with Crippen molar-refractivity contribution in [1.82, 2.24) is 16.2 Å². The van der Waals surface area contributed by atoms with E-state index in [1.807, 2.05) is 0 Å². The summed E-state index contributed by atoms with van der Waals surface area (Å²) >= 11 is 0. The largest absolute Gasteiger partial charge is 0.443 e. The molecule has 35 heavy (non-hydrogen) atoms. The highest BCUT2D eigenvalue weighted by Gasteiger charge is 2.72. The van der Waals surface area contributed by atoms with Gasteiger partial charge in [0.25, 0.3) is 0 Å². The molecule has 200 valence electrons. The Labute approximate surface area is 207 Å². The van der Waals surface area contributed by atoms with E-state index in [1.165, 1.54) is 11.1 Å². The lowest BCUT2D eigenvalue weighted by Crippen LogP contribution is -2.56. The van der Waals surface area contributed by atoms with Crippen LogP contribution in [0.1, 0.15) is 65.7 Å². The first-order chi connectivity index (χ1) is 16.8. The average Bonchev–Trinajstić information content (AvgIpc) is 3.72. The van der Waals surface area contributed by atoms with E-state index in [0.29, 0.717) is 26.1 Å². The topological polar surface area (TPSA) is 114 Å². The molecule has 0 bridgehead atoms. The molecule has 0 aromatic heterocycles. The Bertz CT molecular complexity index is 757. The first-order valence-electron chi connectivity index (χ1n) is 12.8. The molecule has 3 fully saturated rings. The summed E-state index contributed by atoms with van der Waals surface area (Å²) in [4.78, 5) is 23.6. The predicted octanol–water partition coefficient (Wildman–Crippen LogP) is 2.94. The van der Waals surface area contributed by atoms with Crippen LogP contribution < -0.4 is 16.2 Å².